The number of hydrogen-bond acceptors (Lipinski definition) is 3. The highest BCUT2D eigenvalue weighted by molar-refractivity contribution is 6.35. The Labute approximate surface area is 181 Å². The third kappa shape index (κ3) is 5.10. The van der Waals surface area contributed by atoms with Gasteiger partial charge in [0, 0.05) is 37.8 Å². The summed E-state index contributed by atoms with van der Waals surface area (Å²) in [6.07, 6.45) is 4.39. The lowest BCUT2D eigenvalue weighted by Gasteiger charge is -2.33. The first-order valence-corrected chi connectivity index (χ1v) is 10.7. The van der Waals surface area contributed by atoms with E-state index in [-0.39, 0.29) is 24.3 Å². The molecular formula is C24H26FN3O3. The molecule has 1 heterocycles. The fourth-order valence-corrected chi connectivity index (χ4v) is 4.15. The predicted octanol–water partition coefficient (Wildman–Crippen LogP) is 2.87. The molecule has 1 aliphatic carbocycles. The number of piperazine rings is 1. The maximum atomic E-state index is 13.1. The maximum absolute atomic E-state index is 13.1. The molecule has 0 spiro atoms. The number of rotatable bonds is 6. The number of nitrogens with zero attached hydrogens (tertiary/aromatic N) is 2. The van der Waals surface area contributed by atoms with Crippen LogP contribution >= 0.6 is 0 Å². The lowest BCUT2D eigenvalue weighted by molar-refractivity contribution is -0.156. The van der Waals surface area contributed by atoms with Crippen molar-refractivity contribution in [1.82, 2.24) is 15.1 Å². The van der Waals surface area contributed by atoms with Crippen molar-refractivity contribution in [3.8, 4) is 0 Å². The van der Waals surface area contributed by atoms with Crippen LogP contribution in [0.25, 0.3) is 0 Å². The molecule has 2 fully saturated rings. The SMILES string of the molecule is O=C(NC1CCCC1)c1ccc(CN2CCN(Cc3ccc(F)cc3)C(=O)C2=O)cc1. The zero-order valence-corrected chi connectivity index (χ0v) is 17.4. The van der Waals surface area contributed by atoms with Crippen molar-refractivity contribution in [3.63, 3.8) is 0 Å². The predicted molar refractivity (Wildman–Crippen MR) is 113 cm³/mol. The largest absolute Gasteiger partial charge is 0.349 e. The number of carbonyl (C=O) groups excluding carboxylic acids is 3. The Balaban J connectivity index is 1.32. The molecule has 1 saturated heterocycles. The number of hydrogen-bond donors (Lipinski definition) is 1. The topological polar surface area (TPSA) is 69.7 Å². The molecule has 6 nitrogen and oxygen atoms in total. The highest BCUT2D eigenvalue weighted by atomic mass is 19.1. The van der Waals surface area contributed by atoms with Crippen LogP contribution in [0.15, 0.2) is 48.5 Å². The molecule has 0 radical (unpaired) electrons. The maximum Gasteiger partial charge on any atom is 0.312 e. The fraction of sp³-hybridized carbons (Fsp3) is 0.375. The quantitative estimate of drug-likeness (QED) is 0.727. The summed E-state index contributed by atoms with van der Waals surface area (Å²) in [5, 5.41) is 3.06. The summed E-state index contributed by atoms with van der Waals surface area (Å²) in [6, 6.07) is 13.4. The molecule has 2 aromatic rings. The normalized spacial score (nSPS) is 17.3. The van der Waals surface area contributed by atoms with E-state index in [0.717, 1.165) is 36.8 Å². The minimum absolute atomic E-state index is 0.0703. The zero-order chi connectivity index (χ0) is 21.8. The summed E-state index contributed by atoms with van der Waals surface area (Å²) < 4.78 is 13.1. The zero-order valence-electron chi connectivity index (χ0n) is 17.4. The lowest BCUT2D eigenvalue weighted by atomic mass is 10.1. The van der Waals surface area contributed by atoms with E-state index in [1.165, 1.54) is 21.9 Å². The molecular weight excluding hydrogens is 397 g/mol. The van der Waals surface area contributed by atoms with Crippen LogP contribution in [0.5, 0.6) is 0 Å². The van der Waals surface area contributed by atoms with Crippen molar-refractivity contribution in [3.05, 3.63) is 71.0 Å². The van der Waals surface area contributed by atoms with Gasteiger partial charge in [-0.1, -0.05) is 37.1 Å². The van der Waals surface area contributed by atoms with Gasteiger partial charge < -0.3 is 15.1 Å². The Kier molecular flexibility index (Phi) is 6.30. The van der Waals surface area contributed by atoms with Gasteiger partial charge >= 0.3 is 11.8 Å². The number of nitrogens with one attached hydrogen (secondary N) is 1. The van der Waals surface area contributed by atoms with Crippen LogP contribution in [-0.2, 0) is 22.7 Å². The molecule has 4 rings (SSSR count). The van der Waals surface area contributed by atoms with Crippen LogP contribution in [-0.4, -0.2) is 46.7 Å². The molecule has 0 unspecified atom stereocenters. The number of benzene rings is 2. The third-order valence-electron chi connectivity index (χ3n) is 5.96. The van der Waals surface area contributed by atoms with Crippen molar-refractivity contribution in [2.45, 2.75) is 44.8 Å². The first-order valence-electron chi connectivity index (χ1n) is 10.7. The monoisotopic (exact) mass is 423 g/mol. The first kappa shape index (κ1) is 21.0. The molecule has 1 aliphatic heterocycles. The number of amides is 3. The Morgan fingerprint density at radius 3 is 1.84 bits per heavy atom. The van der Waals surface area contributed by atoms with Crippen LogP contribution in [0, 0.1) is 5.82 Å². The minimum Gasteiger partial charge on any atom is -0.349 e. The summed E-state index contributed by atoms with van der Waals surface area (Å²) in [5.41, 5.74) is 2.25. The van der Waals surface area contributed by atoms with Gasteiger partial charge in [0.05, 0.1) is 0 Å². The molecule has 1 N–H and O–H groups in total. The smallest absolute Gasteiger partial charge is 0.312 e. The van der Waals surface area contributed by atoms with Crippen molar-refractivity contribution in [2.24, 2.45) is 0 Å². The Morgan fingerprint density at radius 1 is 0.839 bits per heavy atom. The van der Waals surface area contributed by atoms with Crippen LogP contribution in [0.1, 0.15) is 47.2 Å². The van der Waals surface area contributed by atoms with E-state index in [1.54, 1.807) is 24.3 Å². The van der Waals surface area contributed by atoms with Gasteiger partial charge in [0.25, 0.3) is 5.91 Å². The summed E-state index contributed by atoms with van der Waals surface area (Å²) in [7, 11) is 0. The van der Waals surface area contributed by atoms with Gasteiger partial charge in [-0.15, -0.1) is 0 Å². The second-order valence-corrected chi connectivity index (χ2v) is 8.23. The molecule has 7 heteroatoms. The van der Waals surface area contributed by atoms with Gasteiger partial charge in [0.15, 0.2) is 0 Å². The van der Waals surface area contributed by atoms with E-state index in [4.69, 9.17) is 0 Å². The van der Waals surface area contributed by atoms with Crippen molar-refractivity contribution in [2.75, 3.05) is 13.1 Å². The Hall–Kier alpha value is -3.22. The molecule has 1 saturated carbocycles. The van der Waals surface area contributed by atoms with Crippen LogP contribution in [0.4, 0.5) is 4.39 Å². The molecule has 0 aromatic heterocycles. The second kappa shape index (κ2) is 9.29. The molecule has 2 aliphatic rings. The Bertz CT molecular complexity index is 953. The van der Waals surface area contributed by atoms with E-state index in [2.05, 4.69) is 5.32 Å². The third-order valence-corrected chi connectivity index (χ3v) is 5.96. The molecule has 3 amide bonds. The highest BCUT2D eigenvalue weighted by Gasteiger charge is 2.32. The van der Waals surface area contributed by atoms with E-state index < -0.39 is 11.8 Å². The average molecular weight is 423 g/mol. The van der Waals surface area contributed by atoms with Gasteiger partial charge in [-0.2, -0.15) is 0 Å². The van der Waals surface area contributed by atoms with E-state index in [0.29, 0.717) is 25.2 Å². The lowest BCUT2D eigenvalue weighted by Crippen LogP contribution is -2.53. The van der Waals surface area contributed by atoms with Gasteiger partial charge in [0.1, 0.15) is 5.82 Å². The van der Waals surface area contributed by atoms with Crippen LogP contribution in [0.3, 0.4) is 0 Å². The molecule has 162 valence electrons. The summed E-state index contributed by atoms with van der Waals surface area (Å²) in [4.78, 5) is 40.4. The van der Waals surface area contributed by atoms with Gasteiger partial charge in [-0.3, -0.25) is 14.4 Å². The van der Waals surface area contributed by atoms with Gasteiger partial charge in [-0.25, -0.2) is 4.39 Å². The standard InChI is InChI=1S/C24H26FN3O3/c25-20-11-7-18(8-12-20)16-28-14-13-27(23(30)24(28)31)15-17-5-9-19(10-6-17)22(29)26-21-3-1-2-4-21/h5-12,21H,1-4,13-16H2,(H,26,29). The van der Waals surface area contributed by atoms with Crippen LogP contribution < -0.4 is 5.32 Å². The molecule has 31 heavy (non-hydrogen) atoms. The minimum atomic E-state index is -0.553. The van der Waals surface area contributed by atoms with E-state index >= 15 is 0 Å². The van der Waals surface area contributed by atoms with Crippen molar-refractivity contribution < 1.29 is 18.8 Å². The van der Waals surface area contributed by atoms with Crippen molar-refractivity contribution >= 4 is 17.7 Å². The molecule has 0 atom stereocenters. The first-order chi connectivity index (χ1) is 15.0. The van der Waals surface area contributed by atoms with E-state index in [1.807, 2.05) is 12.1 Å². The van der Waals surface area contributed by atoms with Crippen molar-refractivity contribution in [1.29, 1.82) is 0 Å². The van der Waals surface area contributed by atoms with Crippen LogP contribution in [0.2, 0.25) is 0 Å². The second-order valence-electron chi connectivity index (χ2n) is 8.23. The number of carbonyl (C=O) groups is 3. The summed E-state index contributed by atoms with van der Waals surface area (Å²) in [5.74, 6) is -1.50. The summed E-state index contributed by atoms with van der Waals surface area (Å²) >= 11 is 0. The van der Waals surface area contributed by atoms with Gasteiger partial charge in [0.2, 0.25) is 0 Å². The average Bonchev–Trinajstić information content (AvgIpc) is 3.28. The molecule has 2 aromatic carbocycles. The van der Waals surface area contributed by atoms with E-state index in [9.17, 15) is 18.8 Å². The fourth-order valence-electron chi connectivity index (χ4n) is 4.15. The number of halogens is 1. The van der Waals surface area contributed by atoms with Gasteiger partial charge in [-0.05, 0) is 48.2 Å². The Morgan fingerprint density at radius 2 is 1.32 bits per heavy atom. The molecule has 0 bridgehead atoms. The highest BCUT2D eigenvalue weighted by Crippen LogP contribution is 2.19. The summed E-state index contributed by atoms with van der Waals surface area (Å²) in [6.45, 7) is 1.45.